The SMILES string of the molecule is CC(=O)NC1C(OC(C)(C)CCO)OCC(COC(C)=O)C(OC(C)=O)C1OC(C)=O. The van der Waals surface area contributed by atoms with Gasteiger partial charge in [0.2, 0.25) is 5.91 Å². The second kappa shape index (κ2) is 12.0. The number of hydrogen-bond acceptors (Lipinski definition) is 10. The van der Waals surface area contributed by atoms with E-state index in [-0.39, 0.29) is 26.2 Å². The Bertz CT molecular complexity index is 650. The first kappa shape index (κ1) is 26.8. The van der Waals surface area contributed by atoms with Crippen LogP contribution in [0, 0.1) is 5.92 Å². The molecule has 2 N–H and O–H groups in total. The molecule has 0 bridgehead atoms. The third-order valence-electron chi connectivity index (χ3n) is 4.53. The molecule has 1 aliphatic rings. The van der Waals surface area contributed by atoms with Gasteiger partial charge in [0.25, 0.3) is 0 Å². The maximum Gasteiger partial charge on any atom is 0.303 e. The average Bonchev–Trinajstić information content (AvgIpc) is 2.71. The van der Waals surface area contributed by atoms with Gasteiger partial charge in [-0.2, -0.15) is 0 Å². The molecule has 0 aromatic heterocycles. The van der Waals surface area contributed by atoms with Crippen molar-refractivity contribution >= 4 is 23.8 Å². The molecule has 0 aromatic carbocycles. The van der Waals surface area contributed by atoms with Crippen LogP contribution in [0.1, 0.15) is 48.0 Å². The Hall–Kier alpha value is -2.24. The van der Waals surface area contributed by atoms with E-state index < -0.39 is 59.9 Å². The number of amides is 1. The number of esters is 3. The van der Waals surface area contributed by atoms with Crippen LogP contribution >= 0.6 is 0 Å². The fourth-order valence-electron chi connectivity index (χ4n) is 3.23. The normalized spacial score (nSPS) is 26.4. The lowest BCUT2D eigenvalue weighted by Gasteiger charge is -2.37. The number of rotatable bonds is 9. The molecule has 0 spiro atoms. The minimum absolute atomic E-state index is 0.0844. The topological polar surface area (TPSA) is 147 Å². The van der Waals surface area contributed by atoms with Gasteiger partial charge in [0.15, 0.2) is 12.4 Å². The van der Waals surface area contributed by atoms with Crippen molar-refractivity contribution in [3.8, 4) is 0 Å². The zero-order valence-corrected chi connectivity index (χ0v) is 18.8. The largest absolute Gasteiger partial charge is 0.465 e. The van der Waals surface area contributed by atoms with Crippen molar-refractivity contribution in [2.75, 3.05) is 19.8 Å². The van der Waals surface area contributed by atoms with Crippen molar-refractivity contribution in [1.82, 2.24) is 5.32 Å². The predicted octanol–water partition coefficient (Wildman–Crippen LogP) is 0.0677. The summed E-state index contributed by atoms with van der Waals surface area (Å²) in [7, 11) is 0. The van der Waals surface area contributed by atoms with Crippen LogP contribution < -0.4 is 5.32 Å². The fourth-order valence-corrected chi connectivity index (χ4v) is 3.23. The van der Waals surface area contributed by atoms with E-state index in [1.807, 2.05) is 0 Å². The Labute approximate surface area is 181 Å². The second-order valence-corrected chi connectivity index (χ2v) is 7.99. The van der Waals surface area contributed by atoms with Gasteiger partial charge in [-0.15, -0.1) is 0 Å². The first-order valence-corrected chi connectivity index (χ1v) is 10.0. The molecule has 1 saturated heterocycles. The van der Waals surface area contributed by atoms with Gasteiger partial charge in [-0.25, -0.2) is 0 Å². The van der Waals surface area contributed by atoms with Crippen molar-refractivity contribution in [2.24, 2.45) is 5.92 Å². The first-order chi connectivity index (χ1) is 14.4. The number of carbonyl (C=O) groups excluding carboxylic acids is 4. The molecule has 1 fully saturated rings. The van der Waals surface area contributed by atoms with Crippen molar-refractivity contribution in [2.45, 2.75) is 78.1 Å². The molecule has 0 aromatic rings. The number of aliphatic hydroxyl groups is 1. The van der Waals surface area contributed by atoms with Crippen LogP contribution in [0.3, 0.4) is 0 Å². The lowest BCUT2D eigenvalue weighted by atomic mass is 9.94. The summed E-state index contributed by atoms with van der Waals surface area (Å²) in [6.07, 6.45) is -3.13. The van der Waals surface area contributed by atoms with E-state index in [1.54, 1.807) is 13.8 Å². The van der Waals surface area contributed by atoms with Gasteiger partial charge < -0.3 is 34.1 Å². The lowest BCUT2D eigenvalue weighted by Crippen LogP contribution is -2.58. The molecular formula is C20H33NO10. The maximum absolute atomic E-state index is 11.9. The van der Waals surface area contributed by atoms with Crippen LogP contribution in [0.25, 0.3) is 0 Å². The van der Waals surface area contributed by atoms with Gasteiger partial charge >= 0.3 is 17.9 Å². The Morgan fingerprint density at radius 1 is 1.00 bits per heavy atom. The van der Waals surface area contributed by atoms with Crippen molar-refractivity contribution < 1.29 is 48.0 Å². The van der Waals surface area contributed by atoms with Gasteiger partial charge in [0.05, 0.1) is 24.7 Å². The van der Waals surface area contributed by atoms with Gasteiger partial charge in [-0.1, -0.05) is 0 Å². The third-order valence-corrected chi connectivity index (χ3v) is 4.53. The molecule has 1 amide bonds. The van der Waals surface area contributed by atoms with Crippen molar-refractivity contribution in [3.05, 3.63) is 0 Å². The monoisotopic (exact) mass is 447 g/mol. The molecule has 0 radical (unpaired) electrons. The molecule has 5 unspecified atom stereocenters. The highest BCUT2D eigenvalue weighted by Gasteiger charge is 2.49. The van der Waals surface area contributed by atoms with Gasteiger partial charge in [0.1, 0.15) is 12.1 Å². The summed E-state index contributed by atoms with van der Waals surface area (Å²) >= 11 is 0. The summed E-state index contributed by atoms with van der Waals surface area (Å²) in [4.78, 5) is 47.0. The fraction of sp³-hybridized carbons (Fsp3) is 0.800. The highest BCUT2D eigenvalue weighted by molar-refractivity contribution is 5.73. The summed E-state index contributed by atoms with van der Waals surface area (Å²) in [6, 6.07) is -1.05. The predicted molar refractivity (Wildman–Crippen MR) is 105 cm³/mol. The third kappa shape index (κ3) is 9.19. The molecule has 0 aliphatic carbocycles. The number of hydrogen-bond donors (Lipinski definition) is 2. The number of nitrogens with one attached hydrogen (secondary N) is 1. The second-order valence-electron chi connectivity index (χ2n) is 7.99. The van der Waals surface area contributed by atoms with E-state index >= 15 is 0 Å². The van der Waals surface area contributed by atoms with E-state index in [0.29, 0.717) is 0 Å². The minimum atomic E-state index is -1.19. The van der Waals surface area contributed by atoms with E-state index in [9.17, 15) is 24.3 Å². The zero-order valence-electron chi connectivity index (χ0n) is 18.8. The van der Waals surface area contributed by atoms with Gasteiger partial charge in [-0.3, -0.25) is 19.2 Å². The van der Waals surface area contributed by atoms with Crippen molar-refractivity contribution in [3.63, 3.8) is 0 Å². The molecule has 31 heavy (non-hydrogen) atoms. The minimum Gasteiger partial charge on any atom is -0.465 e. The number of ether oxygens (including phenoxy) is 5. The maximum atomic E-state index is 11.9. The molecule has 1 rings (SSSR count). The molecule has 1 aliphatic heterocycles. The Kier molecular flexibility index (Phi) is 10.3. The average molecular weight is 447 g/mol. The quantitative estimate of drug-likeness (QED) is 0.367. The Morgan fingerprint density at radius 2 is 1.58 bits per heavy atom. The summed E-state index contributed by atoms with van der Waals surface area (Å²) in [5.74, 6) is -3.05. The first-order valence-electron chi connectivity index (χ1n) is 10.0. The van der Waals surface area contributed by atoms with E-state index in [0.717, 1.165) is 0 Å². The molecule has 1 heterocycles. The molecule has 178 valence electrons. The smallest absolute Gasteiger partial charge is 0.303 e. The standard InChI is InChI=1S/C20H33NO10/c1-11(23)21-16-18(30-14(4)26)17(29-13(3)25)15(9-27-12(2)24)10-28-19(16)31-20(5,6)7-8-22/h15-19,22H,7-10H2,1-6H3,(H,21,23). The van der Waals surface area contributed by atoms with Crippen LogP contribution in [0.5, 0.6) is 0 Å². The van der Waals surface area contributed by atoms with Gasteiger partial charge in [-0.05, 0) is 20.3 Å². The van der Waals surface area contributed by atoms with E-state index in [1.165, 1.54) is 27.7 Å². The lowest BCUT2D eigenvalue weighted by molar-refractivity contribution is -0.225. The van der Waals surface area contributed by atoms with Crippen LogP contribution in [-0.2, 0) is 42.9 Å². The number of aliphatic hydroxyl groups excluding tert-OH is 1. The Balaban J connectivity index is 3.41. The van der Waals surface area contributed by atoms with E-state index in [2.05, 4.69) is 5.32 Å². The molecule has 11 nitrogen and oxygen atoms in total. The van der Waals surface area contributed by atoms with Gasteiger partial charge in [0, 0.05) is 34.3 Å². The summed E-state index contributed by atoms with van der Waals surface area (Å²) in [5, 5.41) is 12.0. The van der Waals surface area contributed by atoms with Crippen LogP contribution in [0.2, 0.25) is 0 Å². The molecule has 0 saturated carbocycles. The number of carbonyl (C=O) groups is 4. The van der Waals surface area contributed by atoms with Crippen LogP contribution in [0.15, 0.2) is 0 Å². The van der Waals surface area contributed by atoms with Crippen LogP contribution in [0.4, 0.5) is 0 Å². The van der Waals surface area contributed by atoms with E-state index in [4.69, 9.17) is 23.7 Å². The summed E-state index contributed by atoms with van der Waals surface area (Å²) < 4.78 is 27.9. The summed E-state index contributed by atoms with van der Waals surface area (Å²) in [6.45, 7) is 7.89. The zero-order chi connectivity index (χ0) is 23.8. The molecule has 5 atom stereocenters. The van der Waals surface area contributed by atoms with Crippen LogP contribution in [-0.4, -0.2) is 78.9 Å². The molecular weight excluding hydrogens is 414 g/mol. The van der Waals surface area contributed by atoms with Crippen molar-refractivity contribution in [1.29, 1.82) is 0 Å². The highest BCUT2D eigenvalue weighted by atomic mass is 16.7. The summed E-state index contributed by atoms with van der Waals surface area (Å²) in [5.41, 5.74) is -0.858. The Morgan fingerprint density at radius 3 is 2.06 bits per heavy atom. The molecule has 11 heteroatoms. The highest BCUT2D eigenvalue weighted by Crippen LogP contribution is 2.30.